The topological polar surface area (TPSA) is 16.4 Å². The monoisotopic (exact) mass is 827 g/mol. The molecule has 0 amide bonds. The first-order valence-corrected chi connectivity index (χ1v) is 22.4. The first kappa shape index (κ1) is 37.1. The van der Waals surface area contributed by atoms with Crippen molar-refractivity contribution in [1.29, 1.82) is 0 Å². The van der Waals surface area contributed by atoms with E-state index in [-0.39, 0.29) is 0 Å². The fraction of sp³-hybridized carbons (Fsp3) is 0.0159. The van der Waals surface area contributed by atoms with E-state index in [9.17, 15) is 0 Å². The van der Waals surface area contributed by atoms with Crippen LogP contribution >= 0.6 is 0 Å². The van der Waals surface area contributed by atoms with Crippen LogP contribution in [0.3, 0.4) is 0 Å². The zero-order valence-electron chi connectivity index (χ0n) is 35.5. The van der Waals surface area contributed by atoms with Crippen molar-refractivity contribution >= 4 is 60.5 Å². The van der Waals surface area contributed by atoms with Crippen LogP contribution < -0.4 is 4.90 Å². The number of rotatable bonds is 7. The van der Waals surface area contributed by atoms with Crippen LogP contribution in [-0.4, -0.2) is 0 Å². The summed E-state index contributed by atoms with van der Waals surface area (Å²) in [5, 5.41) is 6.97. The molecule has 1 aliphatic rings. The number of hydrogen-bond acceptors (Lipinski definition) is 2. The van der Waals surface area contributed by atoms with Crippen LogP contribution in [0.2, 0.25) is 0 Å². The third kappa shape index (κ3) is 5.67. The lowest BCUT2D eigenvalue weighted by atomic mass is 9.67. The zero-order chi connectivity index (χ0) is 42.9. The van der Waals surface area contributed by atoms with Gasteiger partial charge in [-0.2, -0.15) is 0 Å². The number of hydrogen-bond donors (Lipinski definition) is 0. The Balaban J connectivity index is 1.08. The van der Waals surface area contributed by atoms with Crippen LogP contribution in [0.1, 0.15) is 22.3 Å². The quantitative estimate of drug-likeness (QED) is 0.159. The first-order valence-electron chi connectivity index (χ1n) is 22.4. The zero-order valence-corrected chi connectivity index (χ0v) is 35.5. The Morgan fingerprint density at radius 1 is 0.338 bits per heavy atom. The molecule has 0 radical (unpaired) electrons. The minimum absolute atomic E-state index is 0.545. The fourth-order valence-electron chi connectivity index (χ4n) is 10.9. The van der Waals surface area contributed by atoms with Crippen LogP contribution in [0, 0.1) is 0 Å². The molecule has 0 fully saturated rings. The Labute approximate surface area is 377 Å². The Kier molecular flexibility index (Phi) is 8.47. The summed E-state index contributed by atoms with van der Waals surface area (Å²) in [4.78, 5) is 2.46. The maximum atomic E-state index is 6.76. The standard InChI is InChI=1S/C63H41NO/c1-3-20-45(21-4-1)63(46-22-5-2-6-23-46)57-30-12-9-25-51(57)52-40-38-48(41-58(52)63)64(47-36-33-43(34-37-47)50-28-15-18-42-17-7-8-24-49(42)50)59-31-13-10-26-53(59)55-29-16-19-44-35-39-56-54-27-11-14-32-60(54)65-62(56)61(44)55/h1-41H. The highest BCUT2D eigenvalue weighted by Gasteiger charge is 2.46. The molecule has 0 aliphatic heterocycles. The molecule has 11 aromatic carbocycles. The van der Waals surface area contributed by atoms with Crippen molar-refractivity contribution in [3.8, 4) is 33.4 Å². The molecule has 0 unspecified atom stereocenters. The first-order chi connectivity index (χ1) is 32.3. The molecule has 65 heavy (non-hydrogen) atoms. The van der Waals surface area contributed by atoms with Crippen LogP contribution in [0.15, 0.2) is 253 Å². The van der Waals surface area contributed by atoms with Gasteiger partial charge in [-0.3, -0.25) is 0 Å². The summed E-state index contributed by atoms with van der Waals surface area (Å²) in [5.74, 6) is 0. The van der Waals surface area contributed by atoms with Gasteiger partial charge in [0.2, 0.25) is 0 Å². The molecule has 0 spiro atoms. The van der Waals surface area contributed by atoms with Gasteiger partial charge in [0, 0.05) is 33.1 Å². The molecule has 0 N–H and O–H groups in total. The molecule has 0 saturated carbocycles. The summed E-state index contributed by atoms with van der Waals surface area (Å²) >= 11 is 0. The van der Waals surface area contributed by atoms with Crippen LogP contribution in [0.25, 0.3) is 76.9 Å². The molecular weight excluding hydrogens is 787 g/mol. The van der Waals surface area contributed by atoms with E-state index in [2.05, 4.69) is 248 Å². The van der Waals surface area contributed by atoms with Crippen LogP contribution in [0.4, 0.5) is 17.1 Å². The molecule has 1 aromatic heterocycles. The molecule has 1 heterocycles. The van der Waals surface area contributed by atoms with E-state index in [1.807, 2.05) is 6.07 Å². The summed E-state index contributed by atoms with van der Waals surface area (Å²) in [5.41, 5.74) is 16.7. The highest BCUT2D eigenvalue weighted by atomic mass is 16.3. The van der Waals surface area contributed by atoms with Crippen molar-refractivity contribution in [3.05, 3.63) is 271 Å². The normalized spacial score (nSPS) is 12.7. The van der Waals surface area contributed by atoms with E-state index < -0.39 is 5.41 Å². The van der Waals surface area contributed by atoms with Crippen molar-refractivity contribution in [2.24, 2.45) is 0 Å². The van der Waals surface area contributed by atoms with E-state index in [0.29, 0.717) is 0 Å². The summed E-state index contributed by atoms with van der Waals surface area (Å²) in [6.07, 6.45) is 0. The maximum Gasteiger partial charge on any atom is 0.143 e. The average Bonchev–Trinajstić information content (AvgIpc) is 3.91. The number of furan rings is 1. The Morgan fingerprint density at radius 2 is 0.923 bits per heavy atom. The minimum atomic E-state index is -0.545. The van der Waals surface area contributed by atoms with Crippen molar-refractivity contribution < 1.29 is 4.42 Å². The highest BCUT2D eigenvalue weighted by Crippen LogP contribution is 2.57. The van der Waals surface area contributed by atoms with Gasteiger partial charge in [0.25, 0.3) is 0 Å². The van der Waals surface area contributed by atoms with E-state index in [0.717, 1.165) is 60.9 Å². The molecule has 0 bridgehead atoms. The lowest BCUT2D eigenvalue weighted by Gasteiger charge is -2.35. The third-order valence-corrected chi connectivity index (χ3v) is 13.7. The van der Waals surface area contributed by atoms with Gasteiger partial charge in [-0.1, -0.05) is 206 Å². The molecule has 2 heteroatoms. The van der Waals surface area contributed by atoms with Crippen molar-refractivity contribution in [3.63, 3.8) is 0 Å². The second kappa shape index (κ2) is 14.8. The smallest absolute Gasteiger partial charge is 0.143 e. The van der Waals surface area contributed by atoms with Gasteiger partial charge in [0.1, 0.15) is 11.2 Å². The van der Waals surface area contributed by atoms with Gasteiger partial charge in [0.15, 0.2) is 0 Å². The molecule has 2 nitrogen and oxygen atoms in total. The number of benzene rings is 11. The molecular formula is C63H41NO. The summed E-state index contributed by atoms with van der Waals surface area (Å²) < 4.78 is 6.76. The average molecular weight is 828 g/mol. The molecule has 0 atom stereocenters. The number of para-hydroxylation sites is 2. The van der Waals surface area contributed by atoms with E-state index in [4.69, 9.17) is 4.42 Å². The van der Waals surface area contributed by atoms with Crippen molar-refractivity contribution in [1.82, 2.24) is 0 Å². The Morgan fingerprint density at radius 3 is 1.72 bits per heavy atom. The largest absolute Gasteiger partial charge is 0.455 e. The van der Waals surface area contributed by atoms with Gasteiger partial charge in [-0.15, -0.1) is 0 Å². The number of nitrogens with zero attached hydrogens (tertiary/aromatic N) is 1. The van der Waals surface area contributed by atoms with Crippen molar-refractivity contribution in [2.75, 3.05) is 4.90 Å². The Bertz CT molecular complexity index is 3730. The van der Waals surface area contributed by atoms with Crippen LogP contribution in [-0.2, 0) is 5.41 Å². The predicted molar refractivity (Wildman–Crippen MR) is 272 cm³/mol. The van der Waals surface area contributed by atoms with Gasteiger partial charge < -0.3 is 9.32 Å². The highest BCUT2D eigenvalue weighted by molar-refractivity contribution is 6.19. The number of anilines is 3. The molecule has 1 aliphatic carbocycles. The lowest BCUT2D eigenvalue weighted by molar-refractivity contribution is 0.673. The molecule has 13 rings (SSSR count). The summed E-state index contributed by atoms with van der Waals surface area (Å²) in [6, 6.07) is 90.9. The lowest BCUT2D eigenvalue weighted by Crippen LogP contribution is -2.28. The van der Waals surface area contributed by atoms with Gasteiger partial charge in [0.05, 0.1) is 11.1 Å². The van der Waals surface area contributed by atoms with Crippen LogP contribution in [0.5, 0.6) is 0 Å². The van der Waals surface area contributed by atoms with Gasteiger partial charge in [-0.25, -0.2) is 0 Å². The minimum Gasteiger partial charge on any atom is -0.455 e. The van der Waals surface area contributed by atoms with E-state index >= 15 is 0 Å². The third-order valence-electron chi connectivity index (χ3n) is 13.7. The molecule has 0 saturated heterocycles. The molecule has 12 aromatic rings. The van der Waals surface area contributed by atoms with Gasteiger partial charge >= 0.3 is 0 Å². The van der Waals surface area contributed by atoms with E-state index in [1.165, 1.54) is 55.3 Å². The Hall–Kier alpha value is -8.46. The maximum absolute atomic E-state index is 6.76. The SMILES string of the molecule is c1ccc(C2(c3ccccc3)c3ccccc3-c3ccc(N(c4ccc(-c5cccc6ccccc56)cc4)c4ccccc4-c4cccc5ccc6c7ccccc7oc6c45)cc32)cc1. The predicted octanol–water partition coefficient (Wildman–Crippen LogP) is 17.1. The number of fused-ring (bicyclic) bond motifs is 9. The fourth-order valence-corrected chi connectivity index (χ4v) is 10.9. The second-order valence-electron chi connectivity index (χ2n) is 17.1. The molecule has 304 valence electrons. The van der Waals surface area contributed by atoms with Gasteiger partial charge in [-0.05, 0) is 109 Å². The summed E-state index contributed by atoms with van der Waals surface area (Å²) in [6.45, 7) is 0. The van der Waals surface area contributed by atoms with Crippen molar-refractivity contribution in [2.45, 2.75) is 5.41 Å². The summed E-state index contributed by atoms with van der Waals surface area (Å²) in [7, 11) is 0. The van der Waals surface area contributed by atoms with E-state index in [1.54, 1.807) is 0 Å². The second-order valence-corrected chi connectivity index (χ2v) is 17.1.